The van der Waals surface area contributed by atoms with Crippen molar-refractivity contribution in [1.82, 2.24) is 4.90 Å². The van der Waals surface area contributed by atoms with Crippen LogP contribution in [0.25, 0.3) is 0 Å². The highest BCUT2D eigenvalue weighted by Crippen LogP contribution is 2.28. The summed E-state index contributed by atoms with van der Waals surface area (Å²) in [5.74, 6) is -0.106. The van der Waals surface area contributed by atoms with E-state index in [1.165, 1.54) is 18.2 Å². The molecule has 1 aliphatic rings. The van der Waals surface area contributed by atoms with Crippen molar-refractivity contribution in [3.63, 3.8) is 0 Å². The number of nitrogens with zero attached hydrogens (tertiary/aromatic N) is 1. The normalized spacial score (nSPS) is 23.4. The average molecular weight is 283 g/mol. The van der Waals surface area contributed by atoms with Crippen LogP contribution in [0, 0.1) is 0 Å². The quantitative estimate of drug-likeness (QED) is 0.875. The largest absolute Gasteiger partial charge is 0.508 e. The van der Waals surface area contributed by atoms with Gasteiger partial charge in [-0.25, -0.2) is 0 Å². The Morgan fingerprint density at radius 2 is 2.26 bits per heavy atom. The van der Waals surface area contributed by atoms with E-state index in [2.05, 4.69) is 0 Å². The number of aromatic hydroxyl groups is 1. The van der Waals surface area contributed by atoms with E-state index in [9.17, 15) is 9.90 Å². The average Bonchev–Trinajstić information content (AvgIpc) is 2.40. The molecule has 1 heterocycles. The molecule has 0 bridgehead atoms. The molecule has 19 heavy (non-hydrogen) atoms. The molecule has 0 spiro atoms. The van der Waals surface area contributed by atoms with Crippen molar-refractivity contribution in [2.45, 2.75) is 38.3 Å². The second-order valence-corrected chi connectivity index (χ2v) is 5.45. The van der Waals surface area contributed by atoms with Gasteiger partial charge in [-0.3, -0.25) is 4.79 Å². The van der Waals surface area contributed by atoms with E-state index in [4.69, 9.17) is 17.3 Å². The van der Waals surface area contributed by atoms with Crippen LogP contribution in [0.1, 0.15) is 36.5 Å². The summed E-state index contributed by atoms with van der Waals surface area (Å²) in [6.07, 6.45) is 2.97. The maximum atomic E-state index is 12.6. The number of likely N-dealkylation sites (tertiary alicyclic amines) is 1. The standard InChI is InChI=1S/C14H19ClN2O2/c1-9-3-2-4-10(8-16)17(9)14(19)12-7-11(18)5-6-13(12)15/h5-7,9-10,18H,2-4,8,16H2,1H3. The summed E-state index contributed by atoms with van der Waals surface area (Å²) in [6.45, 7) is 2.48. The van der Waals surface area contributed by atoms with Crippen molar-refractivity contribution in [2.75, 3.05) is 6.54 Å². The van der Waals surface area contributed by atoms with Crippen LogP contribution < -0.4 is 5.73 Å². The minimum absolute atomic E-state index is 0.0433. The fourth-order valence-corrected chi connectivity index (χ4v) is 2.90. The number of hydrogen-bond donors (Lipinski definition) is 2. The van der Waals surface area contributed by atoms with Gasteiger partial charge < -0.3 is 15.7 Å². The van der Waals surface area contributed by atoms with Crippen LogP contribution in [0.5, 0.6) is 5.75 Å². The number of phenolic OH excluding ortho intramolecular Hbond substituents is 1. The fourth-order valence-electron chi connectivity index (χ4n) is 2.70. The van der Waals surface area contributed by atoms with E-state index in [-0.39, 0.29) is 23.7 Å². The van der Waals surface area contributed by atoms with Crippen molar-refractivity contribution >= 4 is 17.5 Å². The van der Waals surface area contributed by atoms with Gasteiger partial charge >= 0.3 is 0 Å². The van der Waals surface area contributed by atoms with Gasteiger partial charge in [0.2, 0.25) is 0 Å². The number of nitrogens with two attached hydrogens (primary N) is 1. The fraction of sp³-hybridized carbons (Fsp3) is 0.500. The number of piperidine rings is 1. The number of benzene rings is 1. The highest BCUT2D eigenvalue weighted by molar-refractivity contribution is 6.33. The first kappa shape index (κ1) is 14.2. The maximum absolute atomic E-state index is 12.6. The second-order valence-electron chi connectivity index (χ2n) is 5.05. The molecule has 104 valence electrons. The summed E-state index contributed by atoms with van der Waals surface area (Å²) < 4.78 is 0. The van der Waals surface area contributed by atoms with Gasteiger partial charge in [-0.1, -0.05) is 11.6 Å². The number of rotatable bonds is 2. The number of hydrogen-bond acceptors (Lipinski definition) is 3. The zero-order valence-electron chi connectivity index (χ0n) is 11.0. The van der Waals surface area contributed by atoms with Gasteiger partial charge in [-0.2, -0.15) is 0 Å². The van der Waals surface area contributed by atoms with E-state index in [1.54, 1.807) is 0 Å². The lowest BCUT2D eigenvalue weighted by Crippen LogP contribution is -2.51. The zero-order valence-corrected chi connectivity index (χ0v) is 11.7. The Balaban J connectivity index is 2.33. The molecule has 4 nitrogen and oxygen atoms in total. The summed E-state index contributed by atoms with van der Waals surface area (Å²) in [5.41, 5.74) is 6.10. The van der Waals surface area contributed by atoms with Gasteiger partial charge in [-0.15, -0.1) is 0 Å². The Morgan fingerprint density at radius 3 is 2.95 bits per heavy atom. The first-order valence-electron chi connectivity index (χ1n) is 6.56. The predicted octanol–water partition coefficient (Wildman–Crippen LogP) is 2.39. The van der Waals surface area contributed by atoms with E-state index in [1.807, 2.05) is 11.8 Å². The predicted molar refractivity (Wildman–Crippen MR) is 75.4 cm³/mol. The van der Waals surface area contributed by atoms with Gasteiger partial charge in [0.25, 0.3) is 5.91 Å². The van der Waals surface area contributed by atoms with Crippen molar-refractivity contribution in [3.8, 4) is 5.75 Å². The molecule has 2 atom stereocenters. The van der Waals surface area contributed by atoms with Crippen molar-refractivity contribution in [3.05, 3.63) is 28.8 Å². The maximum Gasteiger partial charge on any atom is 0.256 e. The molecule has 3 N–H and O–H groups in total. The second kappa shape index (κ2) is 5.80. The van der Waals surface area contributed by atoms with Crippen LogP contribution in [0.15, 0.2) is 18.2 Å². The molecule has 0 aliphatic carbocycles. The van der Waals surface area contributed by atoms with Gasteiger partial charge in [0.1, 0.15) is 5.75 Å². The molecule has 1 aliphatic heterocycles. The number of halogens is 1. The third-order valence-electron chi connectivity index (χ3n) is 3.71. The number of carbonyl (C=O) groups is 1. The Morgan fingerprint density at radius 1 is 1.53 bits per heavy atom. The minimum Gasteiger partial charge on any atom is -0.508 e. The summed E-state index contributed by atoms with van der Waals surface area (Å²) in [7, 11) is 0. The monoisotopic (exact) mass is 282 g/mol. The molecule has 1 aromatic rings. The molecule has 5 heteroatoms. The van der Waals surface area contributed by atoms with E-state index in [0.29, 0.717) is 17.1 Å². The molecular formula is C14H19ClN2O2. The Bertz CT molecular complexity index is 479. The van der Waals surface area contributed by atoms with Crippen molar-refractivity contribution in [2.24, 2.45) is 5.73 Å². The molecule has 1 amide bonds. The molecule has 2 rings (SSSR count). The van der Waals surface area contributed by atoms with Gasteiger partial charge in [0.05, 0.1) is 10.6 Å². The number of carbonyl (C=O) groups excluding carboxylic acids is 1. The highest BCUT2D eigenvalue weighted by Gasteiger charge is 2.32. The number of phenols is 1. The van der Waals surface area contributed by atoms with Crippen LogP contribution >= 0.6 is 11.6 Å². The van der Waals surface area contributed by atoms with Crippen LogP contribution in [0.4, 0.5) is 0 Å². The lowest BCUT2D eigenvalue weighted by atomic mass is 9.95. The summed E-state index contributed by atoms with van der Waals surface area (Å²) in [5, 5.41) is 9.88. The molecule has 2 unspecified atom stereocenters. The first-order valence-corrected chi connectivity index (χ1v) is 6.93. The topological polar surface area (TPSA) is 66.6 Å². The summed E-state index contributed by atoms with van der Waals surface area (Å²) >= 11 is 6.06. The van der Waals surface area contributed by atoms with E-state index in [0.717, 1.165) is 19.3 Å². The Kier molecular flexibility index (Phi) is 4.32. The minimum atomic E-state index is -0.149. The van der Waals surface area contributed by atoms with Crippen molar-refractivity contribution < 1.29 is 9.90 Å². The van der Waals surface area contributed by atoms with Crippen LogP contribution in [-0.2, 0) is 0 Å². The molecule has 1 aromatic carbocycles. The van der Waals surface area contributed by atoms with Crippen LogP contribution in [0.2, 0.25) is 5.02 Å². The summed E-state index contributed by atoms with van der Waals surface area (Å²) in [4.78, 5) is 14.4. The zero-order chi connectivity index (χ0) is 14.0. The third kappa shape index (κ3) is 2.85. The van der Waals surface area contributed by atoms with Gasteiger partial charge in [0, 0.05) is 18.6 Å². The Labute approximate surface area is 118 Å². The van der Waals surface area contributed by atoms with Crippen LogP contribution in [0.3, 0.4) is 0 Å². The van der Waals surface area contributed by atoms with Gasteiger partial charge in [0.15, 0.2) is 0 Å². The molecule has 0 radical (unpaired) electrons. The third-order valence-corrected chi connectivity index (χ3v) is 4.04. The Hall–Kier alpha value is -1.26. The molecule has 1 fully saturated rings. The van der Waals surface area contributed by atoms with Gasteiger partial charge in [-0.05, 0) is 44.4 Å². The number of amides is 1. The summed E-state index contributed by atoms with van der Waals surface area (Å²) in [6, 6.07) is 4.62. The van der Waals surface area contributed by atoms with Crippen molar-refractivity contribution in [1.29, 1.82) is 0 Å². The smallest absolute Gasteiger partial charge is 0.256 e. The molecule has 0 aromatic heterocycles. The lowest BCUT2D eigenvalue weighted by molar-refractivity contribution is 0.0494. The lowest BCUT2D eigenvalue weighted by Gasteiger charge is -2.40. The van der Waals surface area contributed by atoms with E-state index < -0.39 is 0 Å². The highest BCUT2D eigenvalue weighted by atomic mass is 35.5. The SMILES string of the molecule is CC1CCCC(CN)N1C(=O)c1cc(O)ccc1Cl. The molecule has 1 saturated heterocycles. The molecule has 0 saturated carbocycles. The van der Waals surface area contributed by atoms with Crippen LogP contribution in [-0.4, -0.2) is 34.5 Å². The molecular weight excluding hydrogens is 264 g/mol. The van der Waals surface area contributed by atoms with E-state index >= 15 is 0 Å². The first-order chi connectivity index (χ1) is 9.04.